The summed E-state index contributed by atoms with van der Waals surface area (Å²) in [5.41, 5.74) is 3.06. The van der Waals surface area contributed by atoms with Gasteiger partial charge in [0.2, 0.25) is 5.91 Å². The fraction of sp³-hybridized carbons (Fsp3) is 0.238. The smallest absolute Gasteiger partial charge is 0.321 e. The van der Waals surface area contributed by atoms with Gasteiger partial charge < -0.3 is 5.32 Å². The highest BCUT2D eigenvalue weighted by atomic mass is 32.2. The van der Waals surface area contributed by atoms with Gasteiger partial charge in [0, 0.05) is 30.3 Å². The molecule has 2 N–H and O–H groups in total. The number of hydrogen-bond acceptors (Lipinski definition) is 5. The summed E-state index contributed by atoms with van der Waals surface area (Å²) in [6.07, 6.45) is 0.488. The maximum atomic E-state index is 13.5. The number of halogens is 1. The zero-order chi connectivity index (χ0) is 21.1. The highest BCUT2D eigenvalue weighted by Crippen LogP contribution is 2.26. The van der Waals surface area contributed by atoms with E-state index < -0.39 is 6.03 Å². The third kappa shape index (κ3) is 4.68. The summed E-state index contributed by atoms with van der Waals surface area (Å²) < 4.78 is 15.3. The van der Waals surface area contributed by atoms with Gasteiger partial charge in [-0.1, -0.05) is 41.6 Å². The number of aromatic nitrogens is 3. The molecule has 4 rings (SSSR count). The van der Waals surface area contributed by atoms with E-state index in [-0.39, 0.29) is 24.2 Å². The molecule has 0 radical (unpaired) electrons. The molecular formula is C21H20FN5O2S. The van der Waals surface area contributed by atoms with Crippen LogP contribution in [-0.4, -0.2) is 32.7 Å². The van der Waals surface area contributed by atoms with Crippen molar-refractivity contribution in [2.24, 2.45) is 0 Å². The minimum absolute atomic E-state index is 0.161. The Morgan fingerprint density at radius 2 is 1.97 bits per heavy atom. The minimum atomic E-state index is -0.516. The fourth-order valence-corrected chi connectivity index (χ4v) is 4.26. The Kier molecular flexibility index (Phi) is 5.80. The molecule has 1 saturated heterocycles. The van der Waals surface area contributed by atoms with Crippen LogP contribution in [0.15, 0.2) is 53.7 Å². The lowest BCUT2D eigenvalue weighted by atomic mass is 10.1. The van der Waals surface area contributed by atoms with E-state index in [4.69, 9.17) is 0 Å². The van der Waals surface area contributed by atoms with Gasteiger partial charge in [-0.25, -0.2) is 9.18 Å². The second-order valence-corrected chi connectivity index (χ2v) is 8.06. The average molecular weight is 425 g/mol. The summed E-state index contributed by atoms with van der Waals surface area (Å²) >= 11 is 1.52. The third-order valence-electron chi connectivity index (χ3n) is 4.68. The van der Waals surface area contributed by atoms with E-state index in [1.54, 1.807) is 12.1 Å². The van der Waals surface area contributed by atoms with Crippen molar-refractivity contribution in [3.05, 3.63) is 71.3 Å². The Morgan fingerprint density at radius 3 is 2.70 bits per heavy atom. The van der Waals surface area contributed by atoms with Crippen LogP contribution in [0.4, 0.5) is 9.18 Å². The zero-order valence-corrected chi connectivity index (χ0v) is 17.1. The number of benzene rings is 2. The number of carbonyl (C=O) groups is 2. The van der Waals surface area contributed by atoms with Gasteiger partial charge in [0.25, 0.3) is 0 Å². The van der Waals surface area contributed by atoms with Crippen LogP contribution < -0.4 is 10.6 Å². The van der Waals surface area contributed by atoms with E-state index >= 15 is 0 Å². The molecule has 9 heteroatoms. The van der Waals surface area contributed by atoms with Crippen LogP contribution in [0.2, 0.25) is 0 Å². The molecular weight excluding hydrogens is 405 g/mol. The molecule has 3 amide bonds. The molecule has 1 atom stereocenters. The topological polar surface area (TPSA) is 88.9 Å². The molecule has 1 aliphatic rings. The van der Waals surface area contributed by atoms with Crippen molar-refractivity contribution in [1.82, 2.24) is 25.4 Å². The van der Waals surface area contributed by atoms with Gasteiger partial charge in [0.05, 0.1) is 0 Å². The van der Waals surface area contributed by atoms with Gasteiger partial charge >= 0.3 is 6.03 Å². The van der Waals surface area contributed by atoms with Crippen molar-refractivity contribution in [3.8, 4) is 5.69 Å². The highest BCUT2D eigenvalue weighted by Gasteiger charge is 2.26. The van der Waals surface area contributed by atoms with Crippen molar-refractivity contribution in [2.75, 3.05) is 0 Å². The second-order valence-electron chi connectivity index (χ2n) is 7.12. The Labute approximate surface area is 177 Å². The number of imide groups is 1. The lowest BCUT2D eigenvalue weighted by Crippen LogP contribution is -2.53. The quantitative estimate of drug-likeness (QED) is 0.593. The monoisotopic (exact) mass is 425 g/mol. The van der Waals surface area contributed by atoms with E-state index in [0.29, 0.717) is 23.2 Å². The van der Waals surface area contributed by atoms with Crippen LogP contribution in [0, 0.1) is 12.7 Å². The molecule has 3 aromatic rings. The second kappa shape index (κ2) is 8.66. The Bertz CT molecular complexity index is 1070. The van der Waals surface area contributed by atoms with Gasteiger partial charge in [-0.05, 0) is 36.8 Å². The molecule has 7 nitrogen and oxygen atoms in total. The lowest BCUT2D eigenvalue weighted by molar-refractivity contribution is -0.121. The van der Waals surface area contributed by atoms with E-state index in [2.05, 4.69) is 33.0 Å². The minimum Gasteiger partial charge on any atom is -0.334 e. The first-order chi connectivity index (χ1) is 14.5. The predicted octanol–water partition coefficient (Wildman–Crippen LogP) is 3.15. The van der Waals surface area contributed by atoms with Gasteiger partial charge in [-0.3, -0.25) is 14.7 Å². The predicted molar refractivity (Wildman–Crippen MR) is 111 cm³/mol. The Balaban J connectivity index is 1.62. The summed E-state index contributed by atoms with van der Waals surface area (Å²) in [6.45, 7) is 2.04. The summed E-state index contributed by atoms with van der Waals surface area (Å²) in [5, 5.41) is 14.2. The SMILES string of the molecule is Cc1cccc(CSc2nnc(CC3CC(=O)NC(=O)N3)n2-c2ccc(F)cc2)c1. The molecule has 0 spiro atoms. The van der Waals surface area contributed by atoms with Crippen LogP contribution in [0.5, 0.6) is 0 Å². The number of rotatable bonds is 6. The molecule has 30 heavy (non-hydrogen) atoms. The Hall–Kier alpha value is -3.20. The molecule has 1 aromatic heterocycles. The van der Waals surface area contributed by atoms with Crippen molar-refractivity contribution in [2.45, 2.75) is 36.7 Å². The largest absolute Gasteiger partial charge is 0.334 e. The number of nitrogens with one attached hydrogen (secondary N) is 2. The maximum absolute atomic E-state index is 13.5. The van der Waals surface area contributed by atoms with Crippen molar-refractivity contribution >= 4 is 23.7 Å². The first-order valence-corrected chi connectivity index (χ1v) is 10.5. The number of urea groups is 1. The average Bonchev–Trinajstić information content (AvgIpc) is 3.09. The standard InChI is InChI=1S/C21H20FN5O2S/c1-13-3-2-4-14(9-13)12-30-21-26-25-18(10-16-11-19(28)24-20(29)23-16)27(21)17-7-5-15(22)6-8-17/h2-9,16H,10-12H2,1H3,(H2,23,24,28,29). The molecule has 1 unspecified atom stereocenters. The molecule has 0 bridgehead atoms. The highest BCUT2D eigenvalue weighted by molar-refractivity contribution is 7.98. The van der Waals surface area contributed by atoms with E-state index in [1.807, 2.05) is 23.6 Å². The van der Waals surface area contributed by atoms with Crippen molar-refractivity contribution < 1.29 is 14.0 Å². The third-order valence-corrected chi connectivity index (χ3v) is 5.68. The van der Waals surface area contributed by atoms with Crippen molar-refractivity contribution in [1.29, 1.82) is 0 Å². The van der Waals surface area contributed by atoms with E-state index in [1.165, 1.54) is 29.5 Å². The number of thioether (sulfide) groups is 1. The van der Waals surface area contributed by atoms with Crippen LogP contribution in [0.1, 0.15) is 23.4 Å². The summed E-state index contributed by atoms with van der Waals surface area (Å²) in [7, 11) is 0. The van der Waals surface area contributed by atoms with Crippen LogP contribution >= 0.6 is 11.8 Å². The number of nitrogens with zero attached hydrogens (tertiary/aromatic N) is 3. The molecule has 2 heterocycles. The van der Waals surface area contributed by atoms with Gasteiger partial charge in [-0.2, -0.15) is 0 Å². The van der Waals surface area contributed by atoms with Gasteiger partial charge in [-0.15, -0.1) is 10.2 Å². The van der Waals surface area contributed by atoms with Crippen LogP contribution in [0.3, 0.4) is 0 Å². The summed E-state index contributed by atoms with van der Waals surface area (Å²) in [6, 6.07) is 13.4. The molecule has 154 valence electrons. The van der Waals surface area contributed by atoms with Crippen LogP contribution in [0.25, 0.3) is 5.69 Å². The number of carbonyl (C=O) groups excluding carboxylic acids is 2. The number of amides is 3. The lowest BCUT2D eigenvalue weighted by Gasteiger charge is -2.23. The van der Waals surface area contributed by atoms with Crippen molar-refractivity contribution in [3.63, 3.8) is 0 Å². The van der Waals surface area contributed by atoms with Gasteiger partial charge in [0.15, 0.2) is 5.16 Å². The summed E-state index contributed by atoms with van der Waals surface area (Å²) in [5.74, 6) is 0.626. The molecule has 0 saturated carbocycles. The van der Waals surface area contributed by atoms with E-state index in [9.17, 15) is 14.0 Å². The first kappa shape index (κ1) is 20.1. The molecule has 1 fully saturated rings. The normalized spacial score (nSPS) is 16.3. The maximum Gasteiger partial charge on any atom is 0.321 e. The van der Waals surface area contributed by atoms with E-state index in [0.717, 1.165) is 11.3 Å². The fourth-order valence-electron chi connectivity index (χ4n) is 3.34. The number of hydrogen-bond donors (Lipinski definition) is 2. The van der Waals surface area contributed by atoms with Crippen LogP contribution in [-0.2, 0) is 17.0 Å². The number of aryl methyl sites for hydroxylation is 1. The molecule has 0 aliphatic carbocycles. The molecule has 1 aliphatic heterocycles. The zero-order valence-electron chi connectivity index (χ0n) is 16.3. The molecule has 2 aromatic carbocycles. The van der Waals surface area contributed by atoms with Gasteiger partial charge in [0.1, 0.15) is 11.6 Å². The first-order valence-electron chi connectivity index (χ1n) is 9.47. The summed E-state index contributed by atoms with van der Waals surface area (Å²) in [4.78, 5) is 23.3. The Morgan fingerprint density at radius 1 is 1.17 bits per heavy atom.